The van der Waals surface area contributed by atoms with E-state index in [-0.39, 0.29) is 36.0 Å². The Hall–Kier alpha value is -5.30. The summed E-state index contributed by atoms with van der Waals surface area (Å²) >= 11 is 0. The highest BCUT2D eigenvalue weighted by Crippen LogP contribution is 2.59. The number of hydrogen-bond donors (Lipinski definition) is 2. The molecule has 52 heavy (non-hydrogen) atoms. The van der Waals surface area contributed by atoms with Gasteiger partial charge in [0.1, 0.15) is 11.5 Å². The van der Waals surface area contributed by atoms with Crippen molar-refractivity contribution in [1.82, 2.24) is 15.0 Å². The molecule has 0 aliphatic carbocycles. The summed E-state index contributed by atoms with van der Waals surface area (Å²) in [4.78, 5) is 30.4. The SMILES string of the molecule is COc1ccc([Si](C)(C)[C@@H]2[C@@H](CCn3cc(CCO)nn3)O[C@]3(C(=O)Nc4ccc(N5C(=O)c6ccccc6Oc6ccccc65)cc43)[C@H]2C)cc1. The molecule has 2 amide bonds. The van der Waals surface area contributed by atoms with E-state index in [0.717, 1.165) is 11.4 Å². The number of hydrogen-bond acceptors (Lipinski definition) is 8. The maximum atomic E-state index is 14.4. The van der Waals surface area contributed by atoms with E-state index >= 15 is 0 Å². The lowest BCUT2D eigenvalue weighted by Crippen LogP contribution is -2.51. The van der Waals surface area contributed by atoms with Crippen LogP contribution >= 0.6 is 0 Å². The molecule has 11 nitrogen and oxygen atoms in total. The van der Waals surface area contributed by atoms with Gasteiger partial charge in [-0.25, -0.2) is 0 Å². The first-order valence-corrected chi connectivity index (χ1v) is 20.7. The summed E-state index contributed by atoms with van der Waals surface area (Å²) in [6.45, 7) is 7.35. The third kappa shape index (κ3) is 5.40. The van der Waals surface area contributed by atoms with E-state index in [0.29, 0.717) is 59.1 Å². The largest absolute Gasteiger partial charge is 0.497 e. The molecule has 5 aromatic rings. The molecule has 2 N–H and O–H groups in total. The molecular weight excluding hydrogens is 675 g/mol. The number of aromatic nitrogens is 3. The van der Waals surface area contributed by atoms with Crippen LogP contribution in [0.4, 0.5) is 17.1 Å². The van der Waals surface area contributed by atoms with E-state index in [1.54, 1.807) is 28.8 Å². The highest BCUT2D eigenvalue weighted by Gasteiger charge is 2.64. The zero-order chi connectivity index (χ0) is 36.2. The fourth-order valence-electron chi connectivity index (χ4n) is 8.53. The topological polar surface area (TPSA) is 128 Å². The van der Waals surface area contributed by atoms with Crippen molar-refractivity contribution in [2.45, 2.75) is 56.7 Å². The molecular formula is C40H41N5O6Si. The second-order valence-corrected chi connectivity index (χ2v) is 19.0. The molecule has 4 aromatic carbocycles. The monoisotopic (exact) mass is 715 g/mol. The molecule has 0 radical (unpaired) electrons. The highest BCUT2D eigenvalue weighted by molar-refractivity contribution is 6.91. The molecule has 1 fully saturated rings. The molecule has 4 atom stereocenters. The Morgan fingerprint density at radius 3 is 2.50 bits per heavy atom. The van der Waals surface area contributed by atoms with Crippen molar-refractivity contribution in [2.24, 2.45) is 5.92 Å². The van der Waals surface area contributed by atoms with Gasteiger partial charge in [0.2, 0.25) is 0 Å². The standard InChI is InChI=1S/C40H41N5O6Si/c1-25-37(52(3,4)29-16-14-28(49-2)15-17-29)36(19-21-44-24-26(20-22-46)42-43-44)51-40(25)31-23-27(13-18-32(31)41-39(40)48)45-33-10-6-8-12-35(33)50-34-11-7-5-9-30(34)38(45)47/h5-18,23-25,36-37,46H,19-22H2,1-4H3,(H,41,48)/t25-,36+,37-,40+/m0/s1. The number of nitrogens with one attached hydrogen (secondary N) is 1. The van der Waals surface area contributed by atoms with Crippen molar-refractivity contribution in [2.75, 3.05) is 23.9 Å². The Morgan fingerprint density at radius 1 is 0.981 bits per heavy atom. The van der Waals surface area contributed by atoms with Crippen LogP contribution in [0.2, 0.25) is 18.6 Å². The number of aryl methyl sites for hydroxylation is 1. The van der Waals surface area contributed by atoms with Crippen molar-refractivity contribution in [3.05, 3.63) is 114 Å². The Bertz CT molecular complexity index is 2170. The maximum absolute atomic E-state index is 14.4. The lowest BCUT2D eigenvalue weighted by Gasteiger charge is -2.37. The first kappa shape index (κ1) is 33.8. The first-order valence-electron chi connectivity index (χ1n) is 17.6. The average molecular weight is 716 g/mol. The van der Waals surface area contributed by atoms with E-state index in [9.17, 15) is 14.7 Å². The van der Waals surface area contributed by atoms with Crippen LogP contribution in [-0.4, -0.2) is 59.8 Å². The second kappa shape index (κ2) is 13.0. The number of benzene rings is 4. The Labute approximate surface area is 303 Å². The number of aliphatic hydroxyl groups is 1. The summed E-state index contributed by atoms with van der Waals surface area (Å²) in [6.07, 6.45) is 2.58. The molecule has 266 valence electrons. The molecule has 1 aromatic heterocycles. The van der Waals surface area contributed by atoms with E-state index in [1.165, 1.54) is 5.19 Å². The number of para-hydroxylation sites is 3. The van der Waals surface area contributed by atoms with Gasteiger partial charge < -0.3 is 24.6 Å². The third-order valence-electron chi connectivity index (χ3n) is 11.1. The molecule has 1 spiro atoms. The van der Waals surface area contributed by atoms with Crippen LogP contribution in [0.5, 0.6) is 17.2 Å². The van der Waals surface area contributed by atoms with Crippen LogP contribution in [0.3, 0.4) is 0 Å². The number of anilines is 3. The van der Waals surface area contributed by atoms with Gasteiger partial charge in [-0.2, -0.15) is 0 Å². The molecule has 3 aliphatic rings. The van der Waals surface area contributed by atoms with Crippen molar-refractivity contribution in [3.63, 3.8) is 0 Å². The predicted octanol–water partition coefficient (Wildman–Crippen LogP) is 6.16. The summed E-state index contributed by atoms with van der Waals surface area (Å²) in [7, 11) is -0.708. The number of fused-ring (bicyclic) bond motifs is 4. The number of aliphatic hydroxyl groups excluding tert-OH is 1. The predicted molar refractivity (Wildman–Crippen MR) is 200 cm³/mol. The van der Waals surface area contributed by atoms with Crippen LogP contribution in [0.25, 0.3) is 0 Å². The Morgan fingerprint density at radius 2 is 1.73 bits per heavy atom. The zero-order valence-electron chi connectivity index (χ0n) is 29.6. The van der Waals surface area contributed by atoms with Gasteiger partial charge in [0.05, 0.1) is 38.2 Å². The van der Waals surface area contributed by atoms with Crippen LogP contribution in [0.15, 0.2) is 97.2 Å². The smallest absolute Gasteiger partial charge is 0.266 e. The summed E-state index contributed by atoms with van der Waals surface area (Å²) in [5, 5.41) is 22.3. The molecule has 0 saturated carbocycles. The van der Waals surface area contributed by atoms with Gasteiger partial charge in [-0.1, -0.05) is 66.8 Å². The number of carbonyl (C=O) groups excluding carboxylic acids is 2. The maximum Gasteiger partial charge on any atom is 0.266 e. The fourth-order valence-corrected chi connectivity index (χ4v) is 12.6. The van der Waals surface area contributed by atoms with E-state index in [4.69, 9.17) is 14.2 Å². The minimum atomic E-state index is -2.37. The van der Waals surface area contributed by atoms with Crippen LogP contribution in [0, 0.1) is 5.92 Å². The summed E-state index contributed by atoms with van der Waals surface area (Å²) in [5.74, 6) is 1.16. The molecule has 0 unspecified atom stereocenters. The summed E-state index contributed by atoms with van der Waals surface area (Å²) < 4.78 is 20.7. The van der Waals surface area contributed by atoms with Gasteiger partial charge in [-0.3, -0.25) is 19.2 Å². The molecule has 4 heterocycles. The van der Waals surface area contributed by atoms with E-state index in [1.807, 2.05) is 72.9 Å². The number of ether oxygens (including phenoxy) is 3. The highest BCUT2D eigenvalue weighted by atomic mass is 28.3. The van der Waals surface area contributed by atoms with Crippen LogP contribution < -0.4 is 24.9 Å². The van der Waals surface area contributed by atoms with E-state index in [2.05, 4.69) is 47.8 Å². The van der Waals surface area contributed by atoms with Gasteiger partial charge in [0.15, 0.2) is 11.4 Å². The number of amides is 2. The summed E-state index contributed by atoms with van der Waals surface area (Å²) in [5.41, 5.74) is 2.47. The zero-order valence-corrected chi connectivity index (χ0v) is 30.6. The Kier molecular flexibility index (Phi) is 8.48. The van der Waals surface area contributed by atoms with Crippen LogP contribution in [-0.2, 0) is 28.1 Å². The molecule has 1 saturated heterocycles. The van der Waals surface area contributed by atoms with Crippen molar-refractivity contribution in [3.8, 4) is 17.2 Å². The first-order chi connectivity index (χ1) is 25.1. The number of rotatable bonds is 9. The second-order valence-electron chi connectivity index (χ2n) is 14.3. The quantitative estimate of drug-likeness (QED) is 0.174. The average Bonchev–Trinajstić information content (AvgIpc) is 3.79. The Balaban J connectivity index is 1.22. The van der Waals surface area contributed by atoms with Crippen molar-refractivity contribution in [1.29, 1.82) is 0 Å². The third-order valence-corrected chi connectivity index (χ3v) is 15.4. The lowest BCUT2D eigenvalue weighted by molar-refractivity contribution is -0.143. The van der Waals surface area contributed by atoms with Gasteiger partial charge in [-0.05, 0) is 66.6 Å². The van der Waals surface area contributed by atoms with Crippen molar-refractivity contribution < 1.29 is 28.9 Å². The lowest BCUT2D eigenvalue weighted by atomic mass is 9.82. The fraction of sp³-hybridized carbons (Fsp3) is 0.300. The summed E-state index contributed by atoms with van der Waals surface area (Å²) in [6, 6.07) is 28.6. The van der Waals surface area contributed by atoms with Crippen LogP contribution in [0.1, 0.15) is 35.0 Å². The number of nitrogens with zero attached hydrogens (tertiary/aromatic N) is 4. The minimum Gasteiger partial charge on any atom is -0.497 e. The van der Waals surface area contributed by atoms with Gasteiger partial charge in [-0.15, -0.1) is 5.10 Å². The normalized spacial score (nSPS) is 22.0. The molecule has 8 rings (SSSR count). The van der Waals surface area contributed by atoms with Gasteiger partial charge in [0, 0.05) is 48.6 Å². The minimum absolute atomic E-state index is 0.00115. The van der Waals surface area contributed by atoms with Gasteiger partial charge in [0.25, 0.3) is 11.8 Å². The number of methoxy groups -OCH3 is 1. The molecule has 3 aliphatic heterocycles. The molecule has 12 heteroatoms. The van der Waals surface area contributed by atoms with Crippen molar-refractivity contribution >= 4 is 42.1 Å². The number of carbonyl (C=O) groups is 2. The van der Waals surface area contributed by atoms with E-state index < -0.39 is 13.7 Å². The van der Waals surface area contributed by atoms with Gasteiger partial charge >= 0.3 is 0 Å². The molecule has 0 bridgehead atoms.